The average Bonchev–Trinajstić information content (AvgIpc) is 3.10. The molecule has 1 aromatic heterocycles. The number of sulfonamides is 1. The number of ether oxygens (including phenoxy) is 1. The number of carbonyl (C=O) groups is 2. The van der Waals surface area contributed by atoms with E-state index in [1.165, 1.54) is 4.31 Å². The van der Waals surface area contributed by atoms with E-state index in [1.54, 1.807) is 13.8 Å². The molecule has 2 aromatic rings. The van der Waals surface area contributed by atoms with E-state index in [0.29, 0.717) is 25.1 Å². The van der Waals surface area contributed by atoms with Crippen molar-refractivity contribution in [1.82, 2.24) is 14.8 Å². The average molecular weight is 436 g/mol. The lowest BCUT2D eigenvalue weighted by Crippen LogP contribution is -2.46. The summed E-state index contributed by atoms with van der Waals surface area (Å²) >= 11 is 0. The maximum atomic E-state index is 13.0. The van der Waals surface area contributed by atoms with Gasteiger partial charge in [-0.05, 0) is 32.3 Å². The van der Waals surface area contributed by atoms with Crippen LogP contribution in [-0.4, -0.2) is 49.4 Å². The fourth-order valence-electron chi connectivity index (χ4n) is 3.44. The van der Waals surface area contributed by atoms with E-state index in [0.717, 1.165) is 5.56 Å². The lowest BCUT2D eigenvalue weighted by molar-refractivity contribution is -0.145. The predicted molar refractivity (Wildman–Crippen MR) is 107 cm³/mol. The molecule has 1 aromatic carbocycles. The van der Waals surface area contributed by atoms with E-state index in [-0.39, 0.29) is 36.3 Å². The quantitative estimate of drug-likeness (QED) is 0.656. The lowest BCUT2D eigenvalue weighted by Gasteiger charge is -2.31. The van der Waals surface area contributed by atoms with Crippen LogP contribution < -0.4 is 5.32 Å². The summed E-state index contributed by atoms with van der Waals surface area (Å²) in [5.74, 6) is -1.25. The maximum absolute atomic E-state index is 13.0. The molecule has 10 heteroatoms. The third kappa shape index (κ3) is 5.06. The number of esters is 1. The number of aromatic nitrogens is 1. The zero-order valence-corrected chi connectivity index (χ0v) is 17.8. The monoisotopic (exact) mass is 435 g/mol. The van der Waals surface area contributed by atoms with Crippen LogP contribution in [0.1, 0.15) is 29.9 Å². The van der Waals surface area contributed by atoms with Gasteiger partial charge in [0.1, 0.15) is 23.7 Å². The van der Waals surface area contributed by atoms with Crippen LogP contribution in [0.3, 0.4) is 0 Å². The smallest absolute Gasteiger partial charge is 0.325 e. The summed E-state index contributed by atoms with van der Waals surface area (Å²) < 4.78 is 37.3. The van der Waals surface area contributed by atoms with Gasteiger partial charge in [-0.15, -0.1) is 0 Å². The Morgan fingerprint density at radius 3 is 2.67 bits per heavy atom. The molecule has 162 valence electrons. The zero-order chi connectivity index (χ0) is 21.7. The predicted octanol–water partition coefficient (Wildman–Crippen LogP) is 1.55. The number of amides is 1. The summed E-state index contributed by atoms with van der Waals surface area (Å²) in [6, 6.07) is 9.22. The first-order chi connectivity index (χ1) is 14.3. The Morgan fingerprint density at radius 1 is 1.27 bits per heavy atom. The fourth-order valence-corrected chi connectivity index (χ4v) is 5.25. The number of hydrogen-bond donors (Lipinski definition) is 1. The zero-order valence-electron chi connectivity index (χ0n) is 17.0. The van der Waals surface area contributed by atoms with Gasteiger partial charge in [0.05, 0.1) is 5.92 Å². The minimum absolute atomic E-state index is 0.0390. The van der Waals surface area contributed by atoms with Gasteiger partial charge in [0.2, 0.25) is 15.9 Å². The number of nitrogens with one attached hydrogen (secondary N) is 1. The summed E-state index contributed by atoms with van der Waals surface area (Å²) in [6.07, 6.45) is 1.08. The van der Waals surface area contributed by atoms with E-state index in [1.807, 2.05) is 30.3 Å². The van der Waals surface area contributed by atoms with E-state index in [9.17, 15) is 18.0 Å². The molecule has 1 atom stereocenters. The molecule has 0 aliphatic carbocycles. The maximum Gasteiger partial charge on any atom is 0.325 e. The molecule has 0 bridgehead atoms. The Morgan fingerprint density at radius 2 is 2.00 bits per heavy atom. The molecule has 1 amide bonds. The van der Waals surface area contributed by atoms with Crippen LogP contribution in [0.4, 0.5) is 0 Å². The van der Waals surface area contributed by atoms with Crippen LogP contribution in [0.5, 0.6) is 0 Å². The Hall–Kier alpha value is -2.72. The molecular weight excluding hydrogens is 410 g/mol. The van der Waals surface area contributed by atoms with Gasteiger partial charge in [0.25, 0.3) is 0 Å². The molecule has 1 unspecified atom stereocenters. The van der Waals surface area contributed by atoms with Crippen LogP contribution in [0.25, 0.3) is 0 Å². The number of rotatable bonds is 7. The SMILES string of the molecule is Cc1noc(C)c1S(=O)(=O)N1CCCC(C(=O)NCC(=O)OCc2ccccc2)C1. The first kappa shape index (κ1) is 22.0. The minimum Gasteiger partial charge on any atom is -0.460 e. The molecule has 1 fully saturated rings. The van der Waals surface area contributed by atoms with Crippen molar-refractivity contribution in [2.24, 2.45) is 5.92 Å². The highest BCUT2D eigenvalue weighted by Crippen LogP contribution is 2.27. The topological polar surface area (TPSA) is 119 Å². The van der Waals surface area contributed by atoms with Crippen molar-refractivity contribution in [3.8, 4) is 0 Å². The number of benzene rings is 1. The summed E-state index contributed by atoms with van der Waals surface area (Å²) in [6.45, 7) is 3.33. The van der Waals surface area contributed by atoms with Crippen LogP contribution in [0, 0.1) is 19.8 Å². The van der Waals surface area contributed by atoms with Gasteiger partial charge in [-0.3, -0.25) is 9.59 Å². The highest BCUT2D eigenvalue weighted by Gasteiger charge is 2.36. The van der Waals surface area contributed by atoms with E-state index >= 15 is 0 Å². The highest BCUT2D eigenvalue weighted by molar-refractivity contribution is 7.89. The summed E-state index contributed by atoms with van der Waals surface area (Å²) in [4.78, 5) is 24.4. The van der Waals surface area contributed by atoms with Crippen molar-refractivity contribution < 1.29 is 27.3 Å². The van der Waals surface area contributed by atoms with Crippen LogP contribution in [0.15, 0.2) is 39.8 Å². The molecule has 1 aliphatic rings. The number of nitrogens with zero attached hydrogens (tertiary/aromatic N) is 2. The molecule has 1 N–H and O–H groups in total. The van der Waals surface area contributed by atoms with Crippen molar-refractivity contribution in [3.05, 3.63) is 47.3 Å². The Kier molecular flexibility index (Phi) is 6.88. The number of aryl methyl sites for hydroxylation is 2. The van der Waals surface area contributed by atoms with Gasteiger partial charge in [-0.2, -0.15) is 4.31 Å². The Bertz CT molecular complexity index is 983. The second kappa shape index (κ2) is 9.40. The van der Waals surface area contributed by atoms with Gasteiger partial charge >= 0.3 is 5.97 Å². The fraction of sp³-hybridized carbons (Fsp3) is 0.450. The van der Waals surface area contributed by atoms with E-state index in [4.69, 9.17) is 9.26 Å². The normalized spacial score (nSPS) is 17.5. The van der Waals surface area contributed by atoms with Crippen molar-refractivity contribution in [3.63, 3.8) is 0 Å². The molecule has 3 rings (SSSR count). The number of hydrogen-bond acceptors (Lipinski definition) is 7. The van der Waals surface area contributed by atoms with Crippen LogP contribution in [0.2, 0.25) is 0 Å². The first-order valence-corrected chi connectivity index (χ1v) is 11.1. The van der Waals surface area contributed by atoms with Gasteiger partial charge in [-0.25, -0.2) is 8.42 Å². The van der Waals surface area contributed by atoms with Gasteiger partial charge in [-0.1, -0.05) is 35.5 Å². The van der Waals surface area contributed by atoms with Crippen molar-refractivity contribution in [2.45, 2.75) is 38.2 Å². The first-order valence-electron chi connectivity index (χ1n) is 9.69. The summed E-state index contributed by atoms with van der Waals surface area (Å²) in [5, 5.41) is 6.26. The second-order valence-electron chi connectivity index (χ2n) is 7.22. The number of carbonyl (C=O) groups excluding carboxylic acids is 2. The molecule has 0 radical (unpaired) electrons. The van der Waals surface area contributed by atoms with Crippen molar-refractivity contribution in [1.29, 1.82) is 0 Å². The standard InChI is InChI=1S/C20H25N3O6S/c1-14-19(15(2)29-22-14)30(26,27)23-10-6-9-17(12-23)20(25)21-11-18(24)28-13-16-7-4-3-5-8-16/h3-5,7-8,17H,6,9-13H2,1-2H3,(H,21,25). The number of piperidine rings is 1. The van der Waals surface area contributed by atoms with Crippen LogP contribution >= 0.6 is 0 Å². The molecule has 2 heterocycles. The Labute approximate surface area is 175 Å². The third-order valence-corrected chi connectivity index (χ3v) is 7.08. The van der Waals surface area contributed by atoms with E-state index < -0.39 is 21.9 Å². The van der Waals surface area contributed by atoms with Gasteiger partial charge in [0, 0.05) is 13.1 Å². The minimum atomic E-state index is -3.81. The Balaban J connectivity index is 1.53. The van der Waals surface area contributed by atoms with Crippen LogP contribution in [-0.2, 0) is 31.0 Å². The highest BCUT2D eigenvalue weighted by atomic mass is 32.2. The molecule has 30 heavy (non-hydrogen) atoms. The largest absolute Gasteiger partial charge is 0.460 e. The molecule has 0 saturated carbocycles. The molecule has 9 nitrogen and oxygen atoms in total. The second-order valence-corrected chi connectivity index (χ2v) is 9.09. The van der Waals surface area contributed by atoms with Gasteiger partial charge in [0.15, 0.2) is 5.76 Å². The molecular formula is C20H25N3O6S. The van der Waals surface area contributed by atoms with Crippen molar-refractivity contribution >= 4 is 21.9 Å². The molecule has 1 saturated heterocycles. The lowest BCUT2D eigenvalue weighted by atomic mass is 9.99. The third-order valence-electron chi connectivity index (χ3n) is 4.97. The van der Waals surface area contributed by atoms with Crippen molar-refractivity contribution in [2.75, 3.05) is 19.6 Å². The summed E-state index contributed by atoms with van der Waals surface area (Å²) in [5.41, 5.74) is 1.14. The summed E-state index contributed by atoms with van der Waals surface area (Å²) in [7, 11) is -3.81. The van der Waals surface area contributed by atoms with Gasteiger partial charge < -0.3 is 14.6 Å². The van der Waals surface area contributed by atoms with E-state index in [2.05, 4.69) is 10.5 Å². The molecule has 0 spiro atoms. The molecule has 1 aliphatic heterocycles.